The van der Waals surface area contributed by atoms with Gasteiger partial charge in [0.15, 0.2) is 0 Å². The third-order valence-electron chi connectivity index (χ3n) is 3.52. The summed E-state index contributed by atoms with van der Waals surface area (Å²) in [5.74, 6) is 0.0113. The molecule has 2 N–H and O–H groups in total. The SMILES string of the molecule is CCc1ccccc1NCCC(=O)Nc1ccc(C)c(Br)c1. The van der Waals surface area contributed by atoms with E-state index in [0.717, 1.165) is 27.8 Å². The summed E-state index contributed by atoms with van der Waals surface area (Å²) in [7, 11) is 0. The summed E-state index contributed by atoms with van der Waals surface area (Å²) >= 11 is 3.47. The summed E-state index contributed by atoms with van der Waals surface area (Å²) in [5.41, 5.74) is 4.34. The molecule has 0 saturated heterocycles. The summed E-state index contributed by atoms with van der Waals surface area (Å²) in [6.45, 7) is 4.77. The van der Waals surface area contributed by atoms with Gasteiger partial charge in [0.25, 0.3) is 0 Å². The molecule has 1 amide bonds. The molecule has 0 fully saturated rings. The van der Waals surface area contributed by atoms with Gasteiger partial charge in [-0.3, -0.25) is 4.79 Å². The molecular formula is C18H21BrN2O. The molecule has 2 aromatic carbocycles. The van der Waals surface area contributed by atoms with Gasteiger partial charge >= 0.3 is 0 Å². The number of anilines is 2. The largest absolute Gasteiger partial charge is 0.384 e. The van der Waals surface area contributed by atoms with Crippen molar-refractivity contribution in [2.45, 2.75) is 26.7 Å². The first-order valence-electron chi connectivity index (χ1n) is 7.48. The molecule has 0 saturated carbocycles. The molecule has 2 aromatic rings. The molecule has 4 heteroatoms. The molecular weight excluding hydrogens is 340 g/mol. The molecule has 2 rings (SSSR count). The zero-order valence-electron chi connectivity index (χ0n) is 12.9. The van der Waals surface area contributed by atoms with Crippen molar-refractivity contribution in [1.29, 1.82) is 0 Å². The van der Waals surface area contributed by atoms with Crippen LogP contribution in [0.3, 0.4) is 0 Å². The summed E-state index contributed by atoms with van der Waals surface area (Å²) in [4.78, 5) is 12.0. The van der Waals surface area contributed by atoms with Gasteiger partial charge in [0.05, 0.1) is 0 Å². The highest BCUT2D eigenvalue weighted by Crippen LogP contribution is 2.20. The lowest BCUT2D eigenvalue weighted by Crippen LogP contribution is -2.16. The van der Waals surface area contributed by atoms with Crippen LogP contribution in [0.2, 0.25) is 0 Å². The van der Waals surface area contributed by atoms with Gasteiger partial charge in [0.2, 0.25) is 5.91 Å². The molecule has 0 bridgehead atoms. The highest BCUT2D eigenvalue weighted by Gasteiger charge is 2.05. The number of nitrogens with one attached hydrogen (secondary N) is 2. The Kier molecular flexibility index (Phi) is 6.01. The van der Waals surface area contributed by atoms with Crippen molar-refractivity contribution in [3.8, 4) is 0 Å². The number of rotatable bonds is 6. The van der Waals surface area contributed by atoms with Crippen LogP contribution in [0.4, 0.5) is 11.4 Å². The molecule has 0 aliphatic rings. The molecule has 0 unspecified atom stereocenters. The predicted octanol–water partition coefficient (Wildman–Crippen LogP) is 4.76. The van der Waals surface area contributed by atoms with Crippen molar-refractivity contribution < 1.29 is 4.79 Å². The molecule has 0 radical (unpaired) electrons. The molecule has 0 aromatic heterocycles. The first-order valence-corrected chi connectivity index (χ1v) is 8.27. The Balaban J connectivity index is 1.84. The standard InChI is InChI=1S/C18H21BrN2O/c1-3-14-6-4-5-7-17(14)20-11-10-18(22)21-15-9-8-13(2)16(19)12-15/h4-9,12,20H,3,10-11H2,1-2H3,(H,21,22). The van der Waals surface area contributed by atoms with Gasteiger partial charge in [0, 0.05) is 28.8 Å². The van der Waals surface area contributed by atoms with E-state index in [4.69, 9.17) is 0 Å². The average Bonchev–Trinajstić information content (AvgIpc) is 2.51. The minimum absolute atomic E-state index is 0.0113. The smallest absolute Gasteiger partial charge is 0.226 e. The lowest BCUT2D eigenvalue weighted by atomic mass is 10.1. The zero-order chi connectivity index (χ0) is 15.9. The number of benzene rings is 2. The molecule has 3 nitrogen and oxygen atoms in total. The Hall–Kier alpha value is -1.81. The van der Waals surface area contributed by atoms with Crippen LogP contribution in [0.15, 0.2) is 46.9 Å². The predicted molar refractivity (Wildman–Crippen MR) is 96.4 cm³/mol. The Morgan fingerprint density at radius 1 is 1.18 bits per heavy atom. The second-order valence-corrected chi connectivity index (χ2v) is 6.05. The van der Waals surface area contributed by atoms with Crippen LogP contribution in [0.5, 0.6) is 0 Å². The zero-order valence-corrected chi connectivity index (χ0v) is 14.5. The summed E-state index contributed by atoms with van der Waals surface area (Å²) in [6, 6.07) is 14.0. The maximum absolute atomic E-state index is 12.0. The minimum atomic E-state index is 0.0113. The quantitative estimate of drug-likeness (QED) is 0.779. The van der Waals surface area contributed by atoms with E-state index in [1.54, 1.807) is 0 Å². The highest BCUT2D eigenvalue weighted by atomic mass is 79.9. The number of hydrogen-bond acceptors (Lipinski definition) is 2. The van der Waals surface area contributed by atoms with Crippen molar-refractivity contribution in [2.24, 2.45) is 0 Å². The molecule has 116 valence electrons. The Bertz CT molecular complexity index is 655. The van der Waals surface area contributed by atoms with Crippen LogP contribution < -0.4 is 10.6 Å². The number of amides is 1. The fraction of sp³-hybridized carbons (Fsp3) is 0.278. The number of para-hydroxylation sites is 1. The fourth-order valence-corrected chi connectivity index (χ4v) is 2.58. The molecule has 0 atom stereocenters. The Morgan fingerprint density at radius 2 is 1.95 bits per heavy atom. The van der Waals surface area contributed by atoms with Gasteiger partial charge in [0.1, 0.15) is 0 Å². The first-order chi connectivity index (χ1) is 10.6. The monoisotopic (exact) mass is 360 g/mol. The van der Waals surface area contributed by atoms with Crippen LogP contribution >= 0.6 is 15.9 Å². The van der Waals surface area contributed by atoms with Crippen molar-refractivity contribution in [1.82, 2.24) is 0 Å². The van der Waals surface area contributed by atoms with E-state index in [-0.39, 0.29) is 5.91 Å². The van der Waals surface area contributed by atoms with Crippen LogP contribution in [0.1, 0.15) is 24.5 Å². The van der Waals surface area contributed by atoms with Crippen LogP contribution in [-0.4, -0.2) is 12.5 Å². The first kappa shape index (κ1) is 16.6. The van der Waals surface area contributed by atoms with E-state index in [1.807, 2.05) is 43.3 Å². The average molecular weight is 361 g/mol. The van der Waals surface area contributed by atoms with Gasteiger partial charge in [-0.05, 0) is 42.7 Å². The van der Waals surface area contributed by atoms with Crippen molar-refractivity contribution in [3.05, 3.63) is 58.1 Å². The maximum atomic E-state index is 12.0. The Morgan fingerprint density at radius 3 is 2.68 bits per heavy atom. The van der Waals surface area contributed by atoms with E-state index in [1.165, 1.54) is 5.56 Å². The second kappa shape index (κ2) is 7.99. The van der Waals surface area contributed by atoms with E-state index < -0.39 is 0 Å². The van der Waals surface area contributed by atoms with E-state index >= 15 is 0 Å². The molecule has 0 heterocycles. The number of halogens is 1. The highest BCUT2D eigenvalue weighted by molar-refractivity contribution is 9.10. The number of hydrogen-bond donors (Lipinski definition) is 2. The van der Waals surface area contributed by atoms with Crippen LogP contribution in [0.25, 0.3) is 0 Å². The number of carbonyl (C=O) groups excluding carboxylic acids is 1. The van der Waals surface area contributed by atoms with E-state index in [0.29, 0.717) is 13.0 Å². The molecule has 22 heavy (non-hydrogen) atoms. The van der Waals surface area contributed by atoms with Crippen molar-refractivity contribution in [2.75, 3.05) is 17.2 Å². The maximum Gasteiger partial charge on any atom is 0.226 e. The van der Waals surface area contributed by atoms with Gasteiger partial charge in [-0.1, -0.05) is 47.1 Å². The fourth-order valence-electron chi connectivity index (χ4n) is 2.21. The lowest BCUT2D eigenvalue weighted by Gasteiger charge is -2.11. The number of aryl methyl sites for hydroxylation is 2. The van der Waals surface area contributed by atoms with Gasteiger partial charge in [-0.2, -0.15) is 0 Å². The summed E-state index contributed by atoms with van der Waals surface area (Å²) in [5, 5.41) is 6.25. The van der Waals surface area contributed by atoms with Gasteiger partial charge in [-0.15, -0.1) is 0 Å². The third-order valence-corrected chi connectivity index (χ3v) is 4.38. The van der Waals surface area contributed by atoms with Crippen LogP contribution in [-0.2, 0) is 11.2 Å². The van der Waals surface area contributed by atoms with Crippen molar-refractivity contribution >= 4 is 33.2 Å². The van der Waals surface area contributed by atoms with Crippen molar-refractivity contribution in [3.63, 3.8) is 0 Å². The Labute approximate surface area is 140 Å². The lowest BCUT2D eigenvalue weighted by molar-refractivity contribution is -0.115. The summed E-state index contributed by atoms with van der Waals surface area (Å²) in [6.07, 6.45) is 1.41. The minimum Gasteiger partial charge on any atom is -0.384 e. The normalized spacial score (nSPS) is 10.3. The van der Waals surface area contributed by atoms with Gasteiger partial charge in [-0.25, -0.2) is 0 Å². The summed E-state index contributed by atoms with van der Waals surface area (Å²) < 4.78 is 1.00. The van der Waals surface area contributed by atoms with E-state index in [9.17, 15) is 4.79 Å². The van der Waals surface area contributed by atoms with Gasteiger partial charge < -0.3 is 10.6 Å². The molecule has 0 spiro atoms. The second-order valence-electron chi connectivity index (χ2n) is 5.20. The topological polar surface area (TPSA) is 41.1 Å². The van der Waals surface area contributed by atoms with E-state index in [2.05, 4.69) is 39.6 Å². The third kappa shape index (κ3) is 4.60. The molecule has 0 aliphatic carbocycles. The number of carbonyl (C=O) groups is 1. The molecule has 0 aliphatic heterocycles. The van der Waals surface area contributed by atoms with Crippen LogP contribution in [0, 0.1) is 6.92 Å².